The van der Waals surface area contributed by atoms with Crippen LogP contribution < -0.4 is 0 Å². The molecule has 1 N–H and O–H groups in total. The van der Waals surface area contributed by atoms with Crippen molar-refractivity contribution in [2.45, 2.75) is 32.9 Å². The fraction of sp³-hybridized carbons (Fsp3) is 0.462. The molecular formula is C13H16F3NO2. The van der Waals surface area contributed by atoms with Gasteiger partial charge in [0.1, 0.15) is 0 Å². The third-order valence-corrected chi connectivity index (χ3v) is 2.98. The SMILES string of the molecule is CCC(C)N(CC(=O)O)Cc1cc(F)c(F)c(F)c1. The normalized spacial score (nSPS) is 12.7. The molecular weight excluding hydrogens is 259 g/mol. The summed E-state index contributed by atoms with van der Waals surface area (Å²) >= 11 is 0. The highest BCUT2D eigenvalue weighted by atomic mass is 19.2. The van der Waals surface area contributed by atoms with Gasteiger partial charge in [0, 0.05) is 12.6 Å². The lowest BCUT2D eigenvalue weighted by molar-refractivity contribution is -0.139. The molecule has 0 radical (unpaired) electrons. The van der Waals surface area contributed by atoms with Gasteiger partial charge in [-0.2, -0.15) is 0 Å². The van der Waals surface area contributed by atoms with Crippen LogP contribution in [0.3, 0.4) is 0 Å². The minimum absolute atomic E-state index is 0.0510. The molecule has 0 aliphatic carbocycles. The van der Waals surface area contributed by atoms with E-state index >= 15 is 0 Å². The number of hydrogen-bond donors (Lipinski definition) is 1. The summed E-state index contributed by atoms with van der Waals surface area (Å²) < 4.78 is 39.0. The Morgan fingerprint density at radius 1 is 1.32 bits per heavy atom. The van der Waals surface area contributed by atoms with Crippen molar-refractivity contribution in [1.82, 2.24) is 4.90 Å². The molecule has 1 rings (SSSR count). The van der Waals surface area contributed by atoms with Gasteiger partial charge in [-0.25, -0.2) is 13.2 Å². The maximum Gasteiger partial charge on any atom is 0.317 e. The lowest BCUT2D eigenvalue weighted by Crippen LogP contribution is -2.36. The molecule has 0 amide bonds. The van der Waals surface area contributed by atoms with E-state index in [9.17, 15) is 18.0 Å². The predicted molar refractivity (Wildman–Crippen MR) is 64.1 cm³/mol. The topological polar surface area (TPSA) is 40.5 Å². The van der Waals surface area contributed by atoms with Crippen LogP contribution in [0.25, 0.3) is 0 Å². The average Bonchev–Trinajstić information content (AvgIpc) is 2.33. The van der Waals surface area contributed by atoms with E-state index in [1.165, 1.54) is 0 Å². The first-order valence-electron chi connectivity index (χ1n) is 5.94. The van der Waals surface area contributed by atoms with Gasteiger partial charge in [-0.05, 0) is 31.0 Å². The quantitative estimate of drug-likeness (QED) is 0.812. The van der Waals surface area contributed by atoms with Gasteiger partial charge in [-0.1, -0.05) is 6.92 Å². The van der Waals surface area contributed by atoms with Crippen LogP contribution in [0.2, 0.25) is 0 Å². The summed E-state index contributed by atoms with van der Waals surface area (Å²) in [5.41, 5.74) is 0.206. The van der Waals surface area contributed by atoms with Crippen molar-refractivity contribution in [1.29, 1.82) is 0 Å². The third kappa shape index (κ3) is 4.24. The van der Waals surface area contributed by atoms with E-state index in [2.05, 4.69) is 0 Å². The lowest BCUT2D eigenvalue weighted by Gasteiger charge is -2.26. The predicted octanol–water partition coefficient (Wildman–Crippen LogP) is 2.79. The highest BCUT2D eigenvalue weighted by Crippen LogP contribution is 2.16. The van der Waals surface area contributed by atoms with Gasteiger partial charge in [0.25, 0.3) is 0 Å². The monoisotopic (exact) mass is 275 g/mol. The zero-order chi connectivity index (χ0) is 14.6. The van der Waals surface area contributed by atoms with Crippen molar-refractivity contribution in [3.8, 4) is 0 Å². The van der Waals surface area contributed by atoms with Crippen LogP contribution in [0.1, 0.15) is 25.8 Å². The number of carbonyl (C=O) groups is 1. The summed E-state index contributed by atoms with van der Waals surface area (Å²) in [6, 6.07) is 1.71. The van der Waals surface area contributed by atoms with E-state index in [1.54, 1.807) is 4.90 Å². The van der Waals surface area contributed by atoms with E-state index in [-0.39, 0.29) is 24.7 Å². The minimum atomic E-state index is -1.52. The van der Waals surface area contributed by atoms with Crippen LogP contribution >= 0.6 is 0 Å². The summed E-state index contributed by atoms with van der Waals surface area (Å²) in [4.78, 5) is 12.3. The summed E-state index contributed by atoms with van der Waals surface area (Å²) in [6.45, 7) is 3.51. The lowest BCUT2D eigenvalue weighted by atomic mass is 10.1. The molecule has 0 aliphatic rings. The zero-order valence-electron chi connectivity index (χ0n) is 10.8. The molecule has 0 spiro atoms. The van der Waals surface area contributed by atoms with Gasteiger partial charge in [0.05, 0.1) is 6.54 Å². The smallest absolute Gasteiger partial charge is 0.317 e. The Hall–Kier alpha value is -1.56. The zero-order valence-corrected chi connectivity index (χ0v) is 10.8. The average molecular weight is 275 g/mol. The molecule has 19 heavy (non-hydrogen) atoms. The number of aliphatic carboxylic acids is 1. The molecule has 0 aromatic heterocycles. The van der Waals surface area contributed by atoms with Crippen LogP contribution in [0, 0.1) is 17.5 Å². The third-order valence-electron chi connectivity index (χ3n) is 2.98. The van der Waals surface area contributed by atoms with Gasteiger partial charge in [-0.15, -0.1) is 0 Å². The summed E-state index contributed by atoms with van der Waals surface area (Å²) in [7, 11) is 0. The molecule has 0 saturated carbocycles. The number of benzene rings is 1. The molecule has 0 bridgehead atoms. The van der Waals surface area contributed by atoms with Gasteiger partial charge in [-0.3, -0.25) is 9.69 Å². The molecule has 0 aliphatic heterocycles. The Morgan fingerprint density at radius 3 is 2.26 bits per heavy atom. The van der Waals surface area contributed by atoms with E-state index in [0.29, 0.717) is 6.42 Å². The summed E-state index contributed by atoms with van der Waals surface area (Å²) in [5, 5.41) is 8.81. The van der Waals surface area contributed by atoms with Gasteiger partial charge < -0.3 is 5.11 Å². The molecule has 1 aromatic carbocycles. The molecule has 1 unspecified atom stereocenters. The largest absolute Gasteiger partial charge is 0.480 e. The van der Waals surface area contributed by atoms with Crippen LogP contribution in [-0.4, -0.2) is 28.6 Å². The van der Waals surface area contributed by atoms with E-state index < -0.39 is 23.4 Å². The maximum atomic E-state index is 13.1. The maximum absolute atomic E-state index is 13.1. The highest BCUT2D eigenvalue weighted by molar-refractivity contribution is 5.69. The van der Waals surface area contributed by atoms with E-state index in [1.807, 2.05) is 13.8 Å². The molecule has 106 valence electrons. The number of halogens is 3. The number of carboxylic acids is 1. The van der Waals surface area contributed by atoms with Gasteiger partial charge in [0.15, 0.2) is 17.5 Å². The van der Waals surface area contributed by atoms with Crippen molar-refractivity contribution in [3.05, 3.63) is 35.1 Å². The Bertz CT molecular complexity index is 442. The first kappa shape index (κ1) is 15.5. The molecule has 1 atom stereocenters. The Balaban J connectivity index is 2.92. The molecule has 3 nitrogen and oxygen atoms in total. The first-order valence-corrected chi connectivity index (χ1v) is 5.94. The first-order chi connectivity index (χ1) is 8.85. The molecule has 0 fully saturated rings. The number of rotatable bonds is 6. The Labute approximate surface area is 109 Å². The van der Waals surface area contributed by atoms with Crippen LogP contribution in [0.4, 0.5) is 13.2 Å². The van der Waals surface area contributed by atoms with Crippen LogP contribution in [0.15, 0.2) is 12.1 Å². The second-order valence-electron chi connectivity index (χ2n) is 4.43. The molecule has 0 saturated heterocycles. The fourth-order valence-corrected chi connectivity index (χ4v) is 1.73. The molecule has 6 heteroatoms. The molecule has 1 aromatic rings. The number of carboxylic acid groups (broad SMARTS) is 1. The standard InChI is InChI=1S/C13H16F3NO2/c1-3-8(2)17(7-12(18)19)6-9-4-10(14)13(16)11(15)5-9/h4-5,8H,3,6-7H2,1-2H3,(H,18,19). The van der Waals surface area contributed by atoms with Crippen molar-refractivity contribution in [2.24, 2.45) is 0 Å². The van der Waals surface area contributed by atoms with Crippen LogP contribution in [-0.2, 0) is 11.3 Å². The van der Waals surface area contributed by atoms with Crippen molar-refractivity contribution >= 4 is 5.97 Å². The van der Waals surface area contributed by atoms with E-state index in [4.69, 9.17) is 5.11 Å². The van der Waals surface area contributed by atoms with Crippen LogP contribution in [0.5, 0.6) is 0 Å². The van der Waals surface area contributed by atoms with Crippen molar-refractivity contribution in [2.75, 3.05) is 6.54 Å². The Morgan fingerprint density at radius 2 is 1.84 bits per heavy atom. The second kappa shape index (κ2) is 6.56. The Kier molecular flexibility index (Phi) is 5.35. The summed E-state index contributed by atoms with van der Waals surface area (Å²) in [5.74, 6) is -5.08. The molecule has 0 heterocycles. The number of nitrogens with zero attached hydrogens (tertiary/aromatic N) is 1. The number of hydrogen-bond acceptors (Lipinski definition) is 2. The van der Waals surface area contributed by atoms with Crippen molar-refractivity contribution in [3.63, 3.8) is 0 Å². The van der Waals surface area contributed by atoms with Crippen molar-refractivity contribution < 1.29 is 23.1 Å². The highest BCUT2D eigenvalue weighted by Gasteiger charge is 2.18. The summed E-state index contributed by atoms with van der Waals surface area (Å²) in [6.07, 6.45) is 0.694. The minimum Gasteiger partial charge on any atom is -0.480 e. The van der Waals surface area contributed by atoms with Gasteiger partial charge in [0.2, 0.25) is 0 Å². The van der Waals surface area contributed by atoms with Gasteiger partial charge >= 0.3 is 5.97 Å². The second-order valence-corrected chi connectivity index (χ2v) is 4.43. The fourth-order valence-electron chi connectivity index (χ4n) is 1.73. The van der Waals surface area contributed by atoms with E-state index in [0.717, 1.165) is 12.1 Å².